The molecule has 0 fully saturated rings. The molecule has 1 heterocycles. The number of imidazole rings is 1. The van der Waals surface area contributed by atoms with Gasteiger partial charge in [0, 0.05) is 23.0 Å². The van der Waals surface area contributed by atoms with E-state index in [1.165, 1.54) is 0 Å². The molecular formula is C15H20BrN3. The van der Waals surface area contributed by atoms with Gasteiger partial charge >= 0.3 is 0 Å². The fourth-order valence-corrected chi connectivity index (χ4v) is 2.73. The molecule has 0 atom stereocenters. The lowest BCUT2D eigenvalue weighted by molar-refractivity contribution is 0.637. The molecule has 102 valence electrons. The maximum absolute atomic E-state index is 6.30. The van der Waals surface area contributed by atoms with Crippen LogP contribution in [0.1, 0.15) is 32.5 Å². The first-order valence-electron chi connectivity index (χ1n) is 6.78. The maximum atomic E-state index is 6.30. The Labute approximate surface area is 123 Å². The highest BCUT2D eigenvalue weighted by Gasteiger charge is 2.16. The van der Waals surface area contributed by atoms with E-state index in [1.807, 2.05) is 18.2 Å². The summed E-state index contributed by atoms with van der Waals surface area (Å²) in [7, 11) is 0. The van der Waals surface area contributed by atoms with E-state index in [0.29, 0.717) is 0 Å². The summed E-state index contributed by atoms with van der Waals surface area (Å²) in [6, 6.07) is 8.08. The number of aryl methyl sites for hydroxylation is 1. The first-order chi connectivity index (χ1) is 9.19. The van der Waals surface area contributed by atoms with E-state index in [-0.39, 0.29) is 0 Å². The Hall–Kier alpha value is -1.29. The minimum atomic E-state index is 0.775. The topological polar surface area (TPSA) is 43.8 Å². The van der Waals surface area contributed by atoms with Crippen molar-refractivity contribution in [3.8, 4) is 11.3 Å². The van der Waals surface area contributed by atoms with E-state index in [9.17, 15) is 0 Å². The summed E-state index contributed by atoms with van der Waals surface area (Å²) in [5.41, 5.74) is 8.26. The lowest BCUT2D eigenvalue weighted by Crippen LogP contribution is -2.06. The normalized spacial score (nSPS) is 10.9. The lowest BCUT2D eigenvalue weighted by Gasteiger charge is -2.07. The summed E-state index contributed by atoms with van der Waals surface area (Å²) < 4.78 is 3.18. The number of hydrogen-bond donors (Lipinski definition) is 1. The summed E-state index contributed by atoms with van der Waals surface area (Å²) in [4.78, 5) is 4.76. The van der Waals surface area contributed by atoms with Gasteiger partial charge in [-0.2, -0.15) is 0 Å². The number of nitrogens with two attached hydrogens (primary N) is 1. The van der Waals surface area contributed by atoms with Crippen LogP contribution in [0.3, 0.4) is 0 Å². The van der Waals surface area contributed by atoms with E-state index in [0.717, 1.165) is 53.2 Å². The molecule has 0 aliphatic carbocycles. The van der Waals surface area contributed by atoms with Crippen molar-refractivity contribution in [2.75, 3.05) is 5.73 Å². The van der Waals surface area contributed by atoms with Gasteiger partial charge in [0.05, 0.1) is 0 Å². The highest BCUT2D eigenvalue weighted by molar-refractivity contribution is 9.10. The van der Waals surface area contributed by atoms with Crippen molar-refractivity contribution in [3.63, 3.8) is 0 Å². The highest BCUT2D eigenvalue weighted by atomic mass is 79.9. The van der Waals surface area contributed by atoms with Gasteiger partial charge in [-0.15, -0.1) is 0 Å². The monoisotopic (exact) mass is 321 g/mol. The van der Waals surface area contributed by atoms with E-state index < -0.39 is 0 Å². The molecule has 2 aromatic rings. The van der Waals surface area contributed by atoms with Crippen LogP contribution in [0.2, 0.25) is 0 Å². The minimum Gasteiger partial charge on any atom is -0.383 e. The van der Waals surface area contributed by atoms with E-state index in [4.69, 9.17) is 10.7 Å². The molecule has 0 radical (unpaired) electrons. The van der Waals surface area contributed by atoms with Gasteiger partial charge in [0.15, 0.2) is 0 Å². The Morgan fingerprint density at radius 2 is 1.95 bits per heavy atom. The zero-order valence-corrected chi connectivity index (χ0v) is 13.1. The summed E-state index contributed by atoms with van der Waals surface area (Å²) in [6.45, 7) is 5.26. The van der Waals surface area contributed by atoms with Gasteiger partial charge in [0.2, 0.25) is 0 Å². The first-order valence-corrected chi connectivity index (χ1v) is 7.58. The summed E-state index contributed by atoms with van der Waals surface area (Å²) >= 11 is 3.57. The fourth-order valence-electron chi connectivity index (χ4n) is 2.25. The van der Waals surface area contributed by atoms with Crippen molar-refractivity contribution in [1.29, 1.82) is 0 Å². The van der Waals surface area contributed by atoms with Crippen LogP contribution in [0.15, 0.2) is 28.7 Å². The molecule has 0 saturated carbocycles. The zero-order chi connectivity index (χ0) is 13.8. The number of nitrogens with zero attached hydrogens (tertiary/aromatic N) is 2. The van der Waals surface area contributed by atoms with Gasteiger partial charge in [0.1, 0.15) is 17.3 Å². The molecule has 2 N–H and O–H groups in total. The molecular weight excluding hydrogens is 302 g/mol. The largest absolute Gasteiger partial charge is 0.383 e. The molecule has 1 aromatic heterocycles. The number of aromatic nitrogens is 2. The second-order valence-corrected chi connectivity index (χ2v) is 5.50. The Bertz CT molecular complexity index is 561. The number of halogens is 1. The third kappa shape index (κ3) is 2.84. The van der Waals surface area contributed by atoms with Crippen molar-refractivity contribution in [1.82, 2.24) is 9.55 Å². The number of nitrogen functional groups attached to an aromatic ring is 1. The summed E-state index contributed by atoms with van der Waals surface area (Å²) in [5.74, 6) is 1.87. The Morgan fingerprint density at radius 3 is 2.58 bits per heavy atom. The zero-order valence-electron chi connectivity index (χ0n) is 11.5. The van der Waals surface area contributed by atoms with Crippen LogP contribution in [0.5, 0.6) is 0 Å². The number of rotatable bonds is 5. The number of hydrogen-bond acceptors (Lipinski definition) is 2. The van der Waals surface area contributed by atoms with E-state index >= 15 is 0 Å². The van der Waals surface area contributed by atoms with Crippen molar-refractivity contribution in [3.05, 3.63) is 34.6 Å². The molecule has 3 nitrogen and oxygen atoms in total. The van der Waals surface area contributed by atoms with Crippen molar-refractivity contribution >= 4 is 21.7 Å². The van der Waals surface area contributed by atoms with Gasteiger partial charge < -0.3 is 10.3 Å². The molecule has 0 unspecified atom stereocenters. The Balaban J connectivity index is 2.52. The smallest absolute Gasteiger partial charge is 0.131 e. The Morgan fingerprint density at radius 1 is 1.21 bits per heavy atom. The molecule has 0 spiro atoms. The fraction of sp³-hybridized carbons (Fsp3) is 0.400. The molecule has 0 aliphatic rings. The van der Waals surface area contributed by atoms with Crippen LogP contribution in [-0.2, 0) is 13.0 Å². The molecule has 2 rings (SSSR count). The third-order valence-corrected chi connectivity index (χ3v) is 3.83. The predicted octanol–water partition coefficient (Wildman–Crippen LogP) is 4.26. The van der Waals surface area contributed by atoms with Crippen molar-refractivity contribution in [2.45, 2.75) is 39.7 Å². The van der Waals surface area contributed by atoms with E-state index in [1.54, 1.807) is 0 Å². The van der Waals surface area contributed by atoms with Gasteiger partial charge in [0.25, 0.3) is 0 Å². The van der Waals surface area contributed by atoms with Crippen LogP contribution in [0.4, 0.5) is 5.82 Å². The second kappa shape index (κ2) is 6.24. The van der Waals surface area contributed by atoms with Gasteiger partial charge in [-0.3, -0.25) is 0 Å². The second-order valence-electron chi connectivity index (χ2n) is 4.64. The minimum absolute atomic E-state index is 0.775. The summed E-state index contributed by atoms with van der Waals surface area (Å²) in [6.07, 6.45) is 3.11. The lowest BCUT2D eigenvalue weighted by atomic mass is 10.1. The maximum Gasteiger partial charge on any atom is 0.131 e. The number of anilines is 1. The number of benzene rings is 1. The average Bonchev–Trinajstić information content (AvgIpc) is 2.69. The van der Waals surface area contributed by atoms with Crippen molar-refractivity contribution < 1.29 is 0 Å². The molecule has 0 bridgehead atoms. The molecule has 19 heavy (non-hydrogen) atoms. The molecule has 0 saturated heterocycles. The first kappa shape index (κ1) is 14.1. The quantitative estimate of drug-likeness (QED) is 0.894. The van der Waals surface area contributed by atoms with Crippen LogP contribution < -0.4 is 5.73 Å². The average molecular weight is 322 g/mol. The third-order valence-electron chi connectivity index (χ3n) is 3.14. The predicted molar refractivity (Wildman–Crippen MR) is 84.1 cm³/mol. The molecule has 4 heteroatoms. The van der Waals surface area contributed by atoms with Gasteiger partial charge in [-0.1, -0.05) is 48.0 Å². The standard InChI is InChI=1S/C15H20BrN3/c1-3-7-13-18-14(15(17)19(13)10-4-2)11-8-5-6-9-12(11)16/h5-6,8-9H,3-4,7,10,17H2,1-2H3. The van der Waals surface area contributed by atoms with Gasteiger partial charge in [-0.25, -0.2) is 4.98 Å². The van der Waals surface area contributed by atoms with Crippen molar-refractivity contribution in [2.24, 2.45) is 0 Å². The highest BCUT2D eigenvalue weighted by Crippen LogP contribution is 2.32. The van der Waals surface area contributed by atoms with Crippen LogP contribution in [0, 0.1) is 0 Å². The molecule has 0 amide bonds. The molecule has 1 aromatic carbocycles. The van der Waals surface area contributed by atoms with Crippen LogP contribution >= 0.6 is 15.9 Å². The SMILES string of the molecule is CCCc1nc(-c2ccccc2Br)c(N)n1CCC. The van der Waals surface area contributed by atoms with Gasteiger partial charge in [-0.05, 0) is 18.9 Å². The van der Waals surface area contributed by atoms with Crippen LogP contribution in [0.25, 0.3) is 11.3 Å². The van der Waals surface area contributed by atoms with Crippen LogP contribution in [-0.4, -0.2) is 9.55 Å². The molecule has 0 aliphatic heterocycles. The Kier molecular flexibility index (Phi) is 4.64. The summed E-state index contributed by atoms with van der Waals surface area (Å²) in [5, 5.41) is 0. The van der Waals surface area contributed by atoms with E-state index in [2.05, 4.69) is 40.4 Å².